The van der Waals surface area contributed by atoms with Crippen LogP contribution < -0.4 is 5.32 Å². The average molecular weight is 297 g/mol. The van der Waals surface area contributed by atoms with E-state index < -0.39 is 0 Å². The number of rotatable bonds is 3. The predicted molar refractivity (Wildman–Crippen MR) is 83.2 cm³/mol. The molecule has 1 fully saturated rings. The summed E-state index contributed by atoms with van der Waals surface area (Å²) in [7, 11) is 0. The normalized spacial score (nSPS) is 21.3. The summed E-state index contributed by atoms with van der Waals surface area (Å²) in [4.78, 5) is 20.7. The maximum Gasteiger partial charge on any atom is 0.254 e. The fraction of sp³-hybridized carbons (Fsp3) is 0.353. The zero-order valence-electron chi connectivity index (χ0n) is 12.3. The van der Waals surface area contributed by atoms with E-state index in [1.165, 1.54) is 0 Å². The van der Waals surface area contributed by atoms with Crippen LogP contribution in [0.2, 0.25) is 0 Å². The summed E-state index contributed by atoms with van der Waals surface area (Å²) < 4.78 is 0. The largest absolute Gasteiger partial charge is 0.393 e. The van der Waals surface area contributed by atoms with Crippen LogP contribution in [0, 0.1) is 0 Å². The van der Waals surface area contributed by atoms with Crippen molar-refractivity contribution in [3.05, 3.63) is 48.3 Å². The molecule has 0 radical (unpaired) electrons. The molecule has 0 bridgehead atoms. The van der Waals surface area contributed by atoms with Crippen molar-refractivity contribution >= 4 is 5.91 Å². The lowest BCUT2D eigenvalue weighted by atomic mass is 9.93. The van der Waals surface area contributed by atoms with E-state index in [2.05, 4.69) is 15.3 Å². The molecule has 3 rings (SSSR count). The number of aliphatic hydroxyl groups is 1. The van der Waals surface area contributed by atoms with Crippen molar-refractivity contribution in [3.63, 3.8) is 0 Å². The molecule has 114 valence electrons. The van der Waals surface area contributed by atoms with E-state index in [4.69, 9.17) is 0 Å². The van der Waals surface area contributed by atoms with Crippen LogP contribution in [0.1, 0.15) is 36.0 Å². The second-order valence-electron chi connectivity index (χ2n) is 5.64. The summed E-state index contributed by atoms with van der Waals surface area (Å²) in [6, 6.07) is 9.79. The molecule has 22 heavy (non-hydrogen) atoms. The highest BCUT2D eigenvalue weighted by Gasteiger charge is 2.21. The number of hydrogen-bond donors (Lipinski definition) is 2. The topological polar surface area (TPSA) is 75.1 Å². The fourth-order valence-corrected chi connectivity index (χ4v) is 2.67. The minimum Gasteiger partial charge on any atom is -0.393 e. The van der Waals surface area contributed by atoms with Crippen LogP contribution in [0.3, 0.4) is 0 Å². The minimum absolute atomic E-state index is 0.129. The van der Waals surface area contributed by atoms with Gasteiger partial charge in [-0.25, -0.2) is 9.97 Å². The third-order valence-electron chi connectivity index (χ3n) is 3.98. The third kappa shape index (κ3) is 3.49. The molecule has 2 N–H and O–H groups in total. The first-order valence-electron chi connectivity index (χ1n) is 7.59. The molecule has 1 aliphatic carbocycles. The number of aromatic nitrogens is 2. The third-order valence-corrected chi connectivity index (χ3v) is 3.98. The molecule has 0 spiro atoms. The Morgan fingerprint density at radius 3 is 2.32 bits per heavy atom. The maximum atomic E-state index is 12.2. The van der Waals surface area contributed by atoms with Crippen LogP contribution in [0.25, 0.3) is 11.4 Å². The second-order valence-corrected chi connectivity index (χ2v) is 5.64. The summed E-state index contributed by atoms with van der Waals surface area (Å²) in [6.45, 7) is 0. The zero-order chi connectivity index (χ0) is 15.4. The first-order chi connectivity index (χ1) is 10.7. The highest BCUT2D eigenvalue weighted by atomic mass is 16.3. The monoisotopic (exact) mass is 297 g/mol. The number of aliphatic hydroxyl groups excluding tert-OH is 1. The van der Waals surface area contributed by atoms with Crippen LogP contribution in [0.5, 0.6) is 0 Å². The van der Waals surface area contributed by atoms with Crippen molar-refractivity contribution in [2.75, 3.05) is 0 Å². The van der Waals surface area contributed by atoms with Gasteiger partial charge < -0.3 is 10.4 Å². The van der Waals surface area contributed by atoms with Gasteiger partial charge in [-0.1, -0.05) is 30.3 Å². The summed E-state index contributed by atoms with van der Waals surface area (Å²) in [5.41, 5.74) is 1.39. The Kier molecular flexibility index (Phi) is 4.44. The molecular formula is C17H19N3O2. The van der Waals surface area contributed by atoms with Crippen molar-refractivity contribution in [1.29, 1.82) is 0 Å². The molecule has 5 heteroatoms. The molecule has 0 aliphatic heterocycles. The van der Waals surface area contributed by atoms with Gasteiger partial charge in [0.2, 0.25) is 0 Å². The number of hydrogen-bond acceptors (Lipinski definition) is 4. The smallest absolute Gasteiger partial charge is 0.254 e. The molecule has 0 saturated heterocycles. The molecule has 2 aromatic rings. The van der Waals surface area contributed by atoms with Gasteiger partial charge in [0.1, 0.15) is 0 Å². The number of nitrogens with one attached hydrogen (secondary N) is 1. The Morgan fingerprint density at radius 2 is 1.68 bits per heavy atom. The summed E-state index contributed by atoms with van der Waals surface area (Å²) >= 11 is 0. The number of nitrogens with zero attached hydrogens (tertiary/aromatic N) is 2. The first-order valence-corrected chi connectivity index (χ1v) is 7.59. The van der Waals surface area contributed by atoms with Gasteiger partial charge in [-0.05, 0) is 25.7 Å². The number of benzene rings is 1. The highest BCUT2D eigenvalue weighted by molar-refractivity contribution is 5.93. The van der Waals surface area contributed by atoms with Crippen molar-refractivity contribution in [3.8, 4) is 11.4 Å². The van der Waals surface area contributed by atoms with Crippen molar-refractivity contribution in [1.82, 2.24) is 15.3 Å². The highest BCUT2D eigenvalue weighted by Crippen LogP contribution is 2.19. The average Bonchev–Trinajstić information content (AvgIpc) is 2.58. The van der Waals surface area contributed by atoms with Gasteiger partial charge in [0.05, 0.1) is 11.7 Å². The van der Waals surface area contributed by atoms with E-state index in [-0.39, 0.29) is 18.1 Å². The molecule has 1 aromatic carbocycles. The van der Waals surface area contributed by atoms with Gasteiger partial charge >= 0.3 is 0 Å². The molecule has 1 amide bonds. The Labute approximate surface area is 129 Å². The zero-order valence-corrected chi connectivity index (χ0v) is 12.3. The van der Waals surface area contributed by atoms with Crippen LogP contribution in [-0.2, 0) is 0 Å². The molecular weight excluding hydrogens is 278 g/mol. The molecule has 1 aliphatic rings. The van der Waals surface area contributed by atoms with Crippen molar-refractivity contribution in [2.45, 2.75) is 37.8 Å². The van der Waals surface area contributed by atoms with E-state index in [1.54, 1.807) is 12.4 Å². The van der Waals surface area contributed by atoms with Crippen LogP contribution in [-0.4, -0.2) is 33.1 Å². The Bertz CT molecular complexity index is 620. The SMILES string of the molecule is O=C(N[C@H]1CC[C@H](O)CC1)c1cnc(-c2ccccc2)nc1. The lowest BCUT2D eigenvalue weighted by molar-refractivity contribution is 0.0867. The van der Waals surface area contributed by atoms with Gasteiger partial charge in [-0.2, -0.15) is 0 Å². The molecule has 5 nitrogen and oxygen atoms in total. The minimum atomic E-state index is -0.221. The standard InChI is InChI=1S/C17H19N3O2/c21-15-8-6-14(7-9-15)20-17(22)13-10-18-16(19-11-13)12-4-2-1-3-5-12/h1-5,10-11,14-15,21H,6-9H2,(H,20,22)/t14-,15-. The molecule has 0 unspecified atom stereocenters. The van der Waals surface area contributed by atoms with E-state index in [0.717, 1.165) is 31.2 Å². The van der Waals surface area contributed by atoms with Crippen LogP contribution in [0.4, 0.5) is 0 Å². The maximum absolute atomic E-state index is 12.2. The van der Waals surface area contributed by atoms with E-state index in [9.17, 15) is 9.90 Å². The van der Waals surface area contributed by atoms with Crippen molar-refractivity contribution in [2.24, 2.45) is 0 Å². The van der Waals surface area contributed by atoms with E-state index in [0.29, 0.717) is 11.4 Å². The fourth-order valence-electron chi connectivity index (χ4n) is 2.67. The number of carbonyl (C=O) groups excluding carboxylic acids is 1. The van der Waals surface area contributed by atoms with Crippen molar-refractivity contribution < 1.29 is 9.90 Å². The van der Waals surface area contributed by atoms with Gasteiger partial charge in [0.15, 0.2) is 5.82 Å². The Hall–Kier alpha value is -2.27. The Morgan fingerprint density at radius 1 is 1.05 bits per heavy atom. The Balaban J connectivity index is 1.64. The lowest BCUT2D eigenvalue weighted by Gasteiger charge is -2.26. The number of carbonyl (C=O) groups is 1. The van der Waals surface area contributed by atoms with Gasteiger partial charge in [0.25, 0.3) is 5.91 Å². The van der Waals surface area contributed by atoms with Gasteiger partial charge in [-0.15, -0.1) is 0 Å². The van der Waals surface area contributed by atoms with E-state index >= 15 is 0 Å². The molecule has 0 atom stereocenters. The molecule has 1 heterocycles. The van der Waals surface area contributed by atoms with Crippen LogP contribution >= 0.6 is 0 Å². The predicted octanol–water partition coefficient (Wildman–Crippen LogP) is 2.18. The van der Waals surface area contributed by atoms with Gasteiger partial charge in [-0.3, -0.25) is 4.79 Å². The first kappa shape index (κ1) is 14.7. The summed E-state index contributed by atoms with van der Waals surface area (Å²) in [6.07, 6.45) is 6.01. The van der Waals surface area contributed by atoms with Gasteiger partial charge in [0, 0.05) is 24.0 Å². The molecule has 1 aromatic heterocycles. The van der Waals surface area contributed by atoms with E-state index in [1.807, 2.05) is 30.3 Å². The lowest BCUT2D eigenvalue weighted by Crippen LogP contribution is -2.38. The second kappa shape index (κ2) is 6.66. The summed E-state index contributed by atoms with van der Waals surface area (Å²) in [5.74, 6) is 0.457. The quantitative estimate of drug-likeness (QED) is 0.910. The number of amides is 1. The molecule has 1 saturated carbocycles. The summed E-state index contributed by atoms with van der Waals surface area (Å²) in [5, 5.41) is 12.5. The van der Waals surface area contributed by atoms with Crippen LogP contribution in [0.15, 0.2) is 42.7 Å².